The van der Waals surface area contributed by atoms with Crippen LogP contribution in [-0.2, 0) is 14.2 Å². The minimum Gasteiger partial charge on any atom is -0.375 e. The standard InChI is InChI=1S/C19H36Cl2O3/c1-2-3-4-5-6-7-8-11-17(24-16-18(20)21)12-9-14-22-19-13-10-15-23-19/h17-19H,2-16H2,1H3. The third kappa shape index (κ3) is 12.8. The lowest BCUT2D eigenvalue weighted by Crippen LogP contribution is -2.18. The molecule has 0 saturated carbocycles. The zero-order valence-electron chi connectivity index (χ0n) is 15.3. The number of ether oxygens (including phenoxy) is 3. The van der Waals surface area contributed by atoms with Gasteiger partial charge >= 0.3 is 0 Å². The number of hydrogen-bond donors (Lipinski definition) is 0. The van der Waals surface area contributed by atoms with Gasteiger partial charge in [-0.3, -0.25) is 0 Å². The van der Waals surface area contributed by atoms with Gasteiger partial charge in [-0.1, -0.05) is 51.9 Å². The van der Waals surface area contributed by atoms with Crippen LogP contribution < -0.4 is 0 Å². The van der Waals surface area contributed by atoms with E-state index in [1.54, 1.807) is 0 Å². The highest BCUT2D eigenvalue weighted by Gasteiger charge is 2.16. The summed E-state index contributed by atoms with van der Waals surface area (Å²) in [7, 11) is 0. The zero-order valence-corrected chi connectivity index (χ0v) is 16.8. The molecule has 0 aliphatic carbocycles. The fourth-order valence-corrected chi connectivity index (χ4v) is 3.20. The summed E-state index contributed by atoms with van der Waals surface area (Å²) in [6.45, 7) is 4.25. The Bertz CT molecular complexity index is 271. The van der Waals surface area contributed by atoms with Crippen molar-refractivity contribution in [1.82, 2.24) is 0 Å². The lowest BCUT2D eigenvalue weighted by molar-refractivity contribution is -0.113. The Balaban J connectivity index is 2.07. The van der Waals surface area contributed by atoms with Crippen molar-refractivity contribution in [3.05, 3.63) is 0 Å². The lowest BCUT2D eigenvalue weighted by atomic mass is 10.0. The van der Waals surface area contributed by atoms with Crippen LogP contribution in [-0.4, -0.2) is 37.1 Å². The van der Waals surface area contributed by atoms with Crippen LogP contribution in [0.3, 0.4) is 0 Å². The maximum absolute atomic E-state index is 5.87. The molecule has 2 atom stereocenters. The quantitative estimate of drug-likeness (QED) is 0.233. The van der Waals surface area contributed by atoms with Crippen LogP contribution in [0.25, 0.3) is 0 Å². The van der Waals surface area contributed by atoms with Gasteiger partial charge in [0, 0.05) is 19.6 Å². The Labute approximate surface area is 158 Å². The SMILES string of the molecule is CCCCCCCCCC(CCCOC1CCCO1)OCC(Cl)Cl. The summed E-state index contributed by atoms with van der Waals surface area (Å²) in [5.74, 6) is 0. The van der Waals surface area contributed by atoms with Gasteiger partial charge in [0.1, 0.15) is 4.84 Å². The van der Waals surface area contributed by atoms with Crippen LogP contribution in [0.4, 0.5) is 0 Å². The van der Waals surface area contributed by atoms with Crippen molar-refractivity contribution in [3.8, 4) is 0 Å². The van der Waals surface area contributed by atoms with E-state index in [2.05, 4.69) is 6.92 Å². The second-order valence-corrected chi connectivity index (χ2v) is 7.99. The van der Waals surface area contributed by atoms with Crippen LogP contribution in [0.2, 0.25) is 0 Å². The van der Waals surface area contributed by atoms with E-state index in [9.17, 15) is 0 Å². The molecule has 1 saturated heterocycles. The lowest BCUT2D eigenvalue weighted by Gasteiger charge is -2.19. The summed E-state index contributed by atoms with van der Waals surface area (Å²) in [4.78, 5) is -0.440. The van der Waals surface area contributed by atoms with Gasteiger partial charge in [0.15, 0.2) is 6.29 Å². The number of hydrogen-bond acceptors (Lipinski definition) is 3. The molecule has 0 amide bonds. The summed E-state index contributed by atoms with van der Waals surface area (Å²) in [6, 6.07) is 0. The first-order chi connectivity index (χ1) is 11.7. The third-order valence-corrected chi connectivity index (χ3v) is 4.70. The van der Waals surface area contributed by atoms with E-state index < -0.39 is 4.84 Å². The molecular weight excluding hydrogens is 347 g/mol. The van der Waals surface area contributed by atoms with Gasteiger partial charge in [0.2, 0.25) is 0 Å². The molecule has 1 fully saturated rings. The van der Waals surface area contributed by atoms with Crippen LogP contribution in [0, 0.1) is 0 Å². The van der Waals surface area contributed by atoms with Crippen LogP contribution in [0.15, 0.2) is 0 Å². The molecule has 144 valence electrons. The molecule has 1 aliphatic rings. The molecule has 0 N–H and O–H groups in total. The Morgan fingerprint density at radius 1 is 1.00 bits per heavy atom. The van der Waals surface area contributed by atoms with E-state index in [0.29, 0.717) is 6.61 Å². The van der Waals surface area contributed by atoms with Crippen LogP contribution in [0.5, 0.6) is 0 Å². The van der Waals surface area contributed by atoms with Crippen molar-refractivity contribution >= 4 is 23.2 Å². The van der Waals surface area contributed by atoms with Crippen LogP contribution in [0.1, 0.15) is 84.0 Å². The summed E-state index contributed by atoms with van der Waals surface area (Å²) in [5, 5.41) is 0. The van der Waals surface area contributed by atoms with Crippen molar-refractivity contribution in [2.24, 2.45) is 0 Å². The summed E-state index contributed by atoms with van der Waals surface area (Å²) in [5.41, 5.74) is 0. The summed E-state index contributed by atoms with van der Waals surface area (Å²) >= 11 is 11.6. The molecule has 0 aromatic carbocycles. The zero-order chi connectivity index (χ0) is 17.5. The average molecular weight is 383 g/mol. The summed E-state index contributed by atoms with van der Waals surface area (Å²) in [6.07, 6.45) is 14.7. The minimum atomic E-state index is -0.440. The Morgan fingerprint density at radius 2 is 1.71 bits per heavy atom. The Hall–Kier alpha value is 0.460. The monoisotopic (exact) mass is 382 g/mol. The second kappa shape index (κ2) is 15.7. The van der Waals surface area contributed by atoms with Gasteiger partial charge < -0.3 is 14.2 Å². The first-order valence-electron chi connectivity index (χ1n) is 9.85. The van der Waals surface area contributed by atoms with E-state index >= 15 is 0 Å². The fraction of sp³-hybridized carbons (Fsp3) is 1.00. The topological polar surface area (TPSA) is 27.7 Å². The number of unbranched alkanes of at least 4 members (excludes halogenated alkanes) is 6. The van der Waals surface area contributed by atoms with Crippen molar-refractivity contribution < 1.29 is 14.2 Å². The van der Waals surface area contributed by atoms with Gasteiger partial charge in [-0.15, -0.1) is 23.2 Å². The molecule has 1 heterocycles. The first-order valence-corrected chi connectivity index (χ1v) is 10.7. The molecule has 0 bridgehead atoms. The van der Waals surface area contributed by atoms with E-state index in [1.165, 1.54) is 44.9 Å². The van der Waals surface area contributed by atoms with Crippen molar-refractivity contribution in [2.75, 3.05) is 19.8 Å². The average Bonchev–Trinajstić information content (AvgIpc) is 3.08. The molecule has 24 heavy (non-hydrogen) atoms. The van der Waals surface area contributed by atoms with E-state index in [4.69, 9.17) is 37.4 Å². The van der Waals surface area contributed by atoms with E-state index in [-0.39, 0.29) is 12.4 Å². The van der Waals surface area contributed by atoms with Gasteiger partial charge in [0.05, 0.1) is 12.7 Å². The van der Waals surface area contributed by atoms with Gasteiger partial charge in [0.25, 0.3) is 0 Å². The molecule has 3 nitrogen and oxygen atoms in total. The number of halogens is 2. The molecule has 0 radical (unpaired) electrons. The Morgan fingerprint density at radius 3 is 2.38 bits per heavy atom. The third-order valence-electron chi connectivity index (χ3n) is 4.45. The molecule has 5 heteroatoms. The largest absolute Gasteiger partial charge is 0.375 e. The minimum absolute atomic E-state index is 0.0163. The van der Waals surface area contributed by atoms with Gasteiger partial charge in [-0.05, 0) is 25.7 Å². The maximum Gasteiger partial charge on any atom is 0.157 e. The molecule has 0 aromatic heterocycles. The molecule has 1 rings (SSSR count). The fourth-order valence-electron chi connectivity index (χ4n) is 3.05. The summed E-state index contributed by atoms with van der Waals surface area (Å²) < 4.78 is 17.1. The van der Waals surface area contributed by atoms with Gasteiger partial charge in [-0.2, -0.15) is 0 Å². The van der Waals surface area contributed by atoms with E-state index in [0.717, 1.165) is 45.3 Å². The highest BCUT2D eigenvalue weighted by Crippen LogP contribution is 2.18. The molecular formula is C19H36Cl2O3. The predicted octanol–water partition coefficient (Wildman–Crippen LogP) is 6.25. The van der Waals surface area contributed by atoms with E-state index in [1.807, 2.05) is 0 Å². The highest BCUT2D eigenvalue weighted by atomic mass is 35.5. The molecule has 2 unspecified atom stereocenters. The van der Waals surface area contributed by atoms with Crippen LogP contribution >= 0.6 is 23.2 Å². The highest BCUT2D eigenvalue weighted by molar-refractivity contribution is 6.44. The van der Waals surface area contributed by atoms with Crippen molar-refractivity contribution in [2.45, 2.75) is 101 Å². The van der Waals surface area contributed by atoms with Crippen molar-refractivity contribution in [1.29, 1.82) is 0 Å². The molecule has 0 aromatic rings. The van der Waals surface area contributed by atoms with Crippen molar-refractivity contribution in [3.63, 3.8) is 0 Å². The first kappa shape index (κ1) is 22.5. The smallest absolute Gasteiger partial charge is 0.157 e. The van der Waals surface area contributed by atoms with Gasteiger partial charge in [-0.25, -0.2) is 0 Å². The second-order valence-electron chi connectivity index (χ2n) is 6.71. The Kier molecular flexibility index (Phi) is 14.7. The molecule has 1 aliphatic heterocycles. The number of rotatable bonds is 16. The predicted molar refractivity (Wildman–Crippen MR) is 102 cm³/mol. The molecule has 0 spiro atoms. The number of alkyl halides is 2. The maximum atomic E-state index is 5.87. The normalized spacial score (nSPS) is 19.2.